The summed E-state index contributed by atoms with van der Waals surface area (Å²) in [5.41, 5.74) is 2.28. The van der Waals surface area contributed by atoms with Crippen molar-refractivity contribution in [3.05, 3.63) is 58.1 Å². The van der Waals surface area contributed by atoms with Gasteiger partial charge in [0.15, 0.2) is 0 Å². The Morgan fingerprint density at radius 3 is 2.58 bits per heavy atom. The highest BCUT2D eigenvalue weighted by molar-refractivity contribution is 6.36. The van der Waals surface area contributed by atoms with Crippen molar-refractivity contribution in [2.45, 2.75) is 58.2 Å². The molecule has 8 heteroatoms. The normalized spacial score (nSPS) is 16.8. The molecule has 0 saturated carbocycles. The maximum Gasteiger partial charge on any atom is 0.407 e. The summed E-state index contributed by atoms with van der Waals surface area (Å²) >= 11 is 13.0. The maximum atomic E-state index is 12.3. The third kappa shape index (κ3) is 5.56. The zero-order chi connectivity index (χ0) is 23.6. The van der Waals surface area contributed by atoms with Crippen LogP contribution in [0.1, 0.15) is 45.6 Å². The molecular weight excluding hydrogens is 459 g/mol. The molecule has 1 amide bonds. The monoisotopic (exact) mass is 488 g/mol. The highest BCUT2D eigenvalue weighted by Crippen LogP contribution is 2.32. The van der Waals surface area contributed by atoms with Crippen LogP contribution >= 0.6 is 23.2 Å². The molecule has 0 spiro atoms. The zero-order valence-electron chi connectivity index (χ0n) is 19.3. The average Bonchev–Trinajstić information content (AvgIpc) is 3.12. The number of nitrogens with zero attached hydrogens (tertiary/aromatic N) is 3. The van der Waals surface area contributed by atoms with Crippen LogP contribution in [0.5, 0.6) is 0 Å². The number of para-hydroxylation sites is 2. The lowest BCUT2D eigenvalue weighted by molar-refractivity contribution is 0.0522. The summed E-state index contributed by atoms with van der Waals surface area (Å²) in [6, 6.07) is 13.8. The highest BCUT2D eigenvalue weighted by Gasteiger charge is 2.28. The number of anilines is 1. The van der Waals surface area contributed by atoms with Gasteiger partial charge in [-0.3, -0.25) is 0 Å². The number of carbonyl (C=O) groups excluding carboxylic acids is 1. The van der Waals surface area contributed by atoms with Gasteiger partial charge >= 0.3 is 6.09 Å². The van der Waals surface area contributed by atoms with E-state index in [-0.39, 0.29) is 6.04 Å². The van der Waals surface area contributed by atoms with Crippen LogP contribution in [0.15, 0.2) is 42.5 Å². The molecule has 6 nitrogen and oxygen atoms in total. The van der Waals surface area contributed by atoms with E-state index >= 15 is 0 Å². The molecule has 0 radical (unpaired) electrons. The van der Waals surface area contributed by atoms with Crippen LogP contribution in [0, 0.1) is 0 Å². The average molecular weight is 489 g/mol. The fourth-order valence-corrected chi connectivity index (χ4v) is 4.79. The molecule has 1 atom stereocenters. The van der Waals surface area contributed by atoms with E-state index in [4.69, 9.17) is 32.9 Å². The second-order valence-corrected chi connectivity index (χ2v) is 10.2. The Balaban J connectivity index is 1.66. The van der Waals surface area contributed by atoms with E-state index in [0.29, 0.717) is 23.1 Å². The number of hydrogen-bond acceptors (Lipinski definition) is 4. The molecule has 1 aliphatic rings. The fourth-order valence-electron chi connectivity index (χ4n) is 4.27. The molecule has 2 heterocycles. The maximum absolute atomic E-state index is 12.3. The van der Waals surface area contributed by atoms with Crippen molar-refractivity contribution in [2.24, 2.45) is 0 Å². The molecule has 1 aliphatic heterocycles. The number of carbonyl (C=O) groups is 1. The van der Waals surface area contributed by atoms with Crippen LogP contribution < -0.4 is 10.2 Å². The number of ether oxygens (including phenoxy) is 1. The number of alkyl carbamates (subject to hydrolysis) is 1. The van der Waals surface area contributed by atoms with E-state index in [2.05, 4.69) is 20.9 Å². The highest BCUT2D eigenvalue weighted by atomic mass is 35.5. The third-order valence-corrected chi connectivity index (χ3v) is 6.49. The second-order valence-electron chi connectivity index (χ2n) is 9.41. The minimum Gasteiger partial charge on any atom is -0.444 e. The van der Waals surface area contributed by atoms with Crippen molar-refractivity contribution in [1.82, 2.24) is 14.9 Å². The number of halogens is 2. The number of hydrogen-bond donors (Lipinski definition) is 1. The van der Waals surface area contributed by atoms with Gasteiger partial charge < -0.3 is 19.5 Å². The van der Waals surface area contributed by atoms with Gasteiger partial charge in [-0.05, 0) is 64.3 Å². The van der Waals surface area contributed by atoms with Gasteiger partial charge in [-0.15, -0.1) is 0 Å². The predicted molar refractivity (Wildman–Crippen MR) is 135 cm³/mol. The van der Waals surface area contributed by atoms with E-state index in [9.17, 15) is 4.79 Å². The van der Waals surface area contributed by atoms with E-state index in [1.54, 1.807) is 0 Å². The van der Waals surface area contributed by atoms with E-state index in [1.807, 2.05) is 57.2 Å². The molecule has 0 bridgehead atoms. The Hall–Kier alpha value is -2.44. The first kappa shape index (κ1) is 23.7. The summed E-state index contributed by atoms with van der Waals surface area (Å²) in [5, 5.41) is 4.21. The number of rotatable bonds is 5. The number of aromatic nitrogens is 2. The summed E-state index contributed by atoms with van der Waals surface area (Å²) in [4.78, 5) is 19.6. The van der Waals surface area contributed by atoms with Gasteiger partial charge in [0.25, 0.3) is 0 Å². The van der Waals surface area contributed by atoms with Gasteiger partial charge in [0.2, 0.25) is 5.95 Å². The van der Waals surface area contributed by atoms with Crippen LogP contribution in [-0.2, 0) is 11.3 Å². The Morgan fingerprint density at radius 2 is 1.85 bits per heavy atom. The molecule has 1 fully saturated rings. The van der Waals surface area contributed by atoms with Crippen LogP contribution in [0.2, 0.25) is 10.0 Å². The first-order valence-electron chi connectivity index (χ1n) is 11.3. The molecule has 3 aromatic rings. The van der Waals surface area contributed by atoms with Gasteiger partial charge in [0.1, 0.15) is 5.60 Å². The summed E-state index contributed by atoms with van der Waals surface area (Å²) in [7, 11) is 0. The van der Waals surface area contributed by atoms with Gasteiger partial charge in [0, 0.05) is 34.7 Å². The molecule has 0 aliphatic carbocycles. The lowest BCUT2D eigenvalue weighted by Crippen LogP contribution is -2.48. The van der Waals surface area contributed by atoms with Crippen molar-refractivity contribution >= 4 is 46.3 Å². The van der Waals surface area contributed by atoms with E-state index < -0.39 is 11.7 Å². The van der Waals surface area contributed by atoms with Crippen molar-refractivity contribution < 1.29 is 9.53 Å². The Bertz CT molecular complexity index is 1120. The quantitative estimate of drug-likeness (QED) is 0.459. The van der Waals surface area contributed by atoms with Gasteiger partial charge in [-0.1, -0.05) is 41.4 Å². The SMILES string of the molecule is CC(C)(C)OC(=O)NC[C@@H]1CCCCN1c1nc2ccccc2n1Cc1c(Cl)cccc1Cl. The lowest BCUT2D eigenvalue weighted by atomic mass is 10.0. The second kappa shape index (κ2) is 9.82. The molecule has 176 valence electrons. The topological polar surface area (TPSA) is 59.4 Å². The Kier molecular flexibility index (Phi) is 7.05. The number of amides is 1. The molecule has 0 unspecified atom stereocenters. The summed E-state index contributed by atoms with van der Waals surface area (Å²) in [5.74, 6) is 0.864. The molecule has 1 saturated heterocycles. The number of nitrogens with one attached hydrogen (secondary N) is 1. The van der Waals surface area contributed by atoms with Gasteiger partial charge in [-0.25, -0.2) is 9.78 Å². The van der Waals surface area contributed by atoms with Gasteiger partial charge in [-0.2, -0.15) is 0 Å². The predicted octanol–water partition coefficient (Wildman–Crippen LogP) is 6.28. The number of fused-ring (bicyclic) bond motifs is 1. The van der Waals surface area contributed by atoms with E-state index in [1.165, 1.54) is 0 Å². The Labute approximate surface area is 204 Å². The van der Waals surface area contributed by atoms with Crippen LogP contribution in [0.4, 0.5) is 10.7 Å². The Morgan fingerprint density at radius 1 is 1.12 bits per heavy atom. The van der Waals surface area contributed by atoms with Crippen LogP contribution in [0.25, 0.3) is 11.0 Å². The number of piperidine rings is 1. The first-order chi connectivity index (χ1) is 15.7. The summed E-state index contributed by atoms with van der Waals surface area (Å²) in [6.07, 6.45) is 2.74. The standard InChI is InChI=1S/C25H30Cl2N4O2/c1-25(2,3)33-24(32)28-15-17-9-6-7-14-30(17)23-29-21-12-4-5-13-22(21)31(23)16-18-19(26)10-8-11-20(18)27/h4-5,8,10-13,17H,6-7,9,14-16H2,1-3H3,(H,28,32)/t17-/m0/s1. The molecule has 2 aromatic carbocycles. The summed E-state index contributed by atoms with van der Waals surface area (Å²) < 4.78 is 7.60. The van der Waals surface area contributed by atoms with Crippen molar-refractivity contribution in [3.8, 4) is 0 Å². The molecule has 4 rings (SSSR count). The van der Waals surface area contributed by atoms with Crippen molar-refractivity contribution in [2.75, 3.05) is 18.0 Å². The molecule has 1 N–H and O–H groups in total. The van der Waals surface area contributed by atoms with Gasteiger partial charge in [0.05, 0.1) is 17.6 Å². The largest absolute Gasteiger partial charge is 0.444 e. The van der Waals surface area contributed by atoms with Crippen LogP contribution in [-0.4, -0.2) is 40.4 Å². The van der Waals surface area contributed by atoms with Crippen molar-refractivity contribution in [3.63, 3.8) is 0 Å². The fraction of sp³-hybridized carbons (Fsp3) is 0.440. The first-order valence-corrected chi connectivity index (χ1v) is 12.1. The zero-order valence-corrected chi connectivity index (χ0v) is 20.8. The van der Waals surface area contributed by atoms with Crippen molar-refractivity contribution in [1.29, 1.82) is 0 Å². The smallest absolute Gasteiger partial charge is 0.407 e. The molecular formula is C25H30Cl2N4O2. The lowest BCUT2D eigenvalue weighted by Gasteiger charge is -2.37. The molecule has 1 aromatic heterocycles. The number of benzene rings is 2. The minimum absolute atomic E-state index is 0.114. The minimum atomic E-state index is -0.529. The number of imidazole rings is 1. The van der Waals surface area contributed by atoms with E-state index in [0.717, 1.165) is 48.4 Å². The molecule has 33 heavy (non-hydrogen) atoms. The van der Waals surface area contributed by atoms with Crippen LogP contribution in [0.3, 0.4) is 0 Å². The summed E-state index contributed by atoms with van der Waals surface area (Å²) in [6.45, 7) is 7.45. The third-order valence-electron chi connectivity index (χ3n) is 5.78.